The summed E-state index contributed by atoms with van der Waals surface area (Å²) in [5, 5.41) is 13.8. The van der Waals surface area contributed by atoms with Crippen LogP contribution in [0.1, 0.15) is 43.1 Å². The molecule has 1 N–H and O–H groups in total. The van der Waals surface area contributed by atoms with Gasteiger partial charge in [0.1, 0.15) is 5.75 Å². The monoisotopic (exact) mass is 428 g/mol. The molecule has 2 aliphatic rings. The number of carboxylic acid groups (broad SMARTS) is 1. The number of carbonyl (C=O) groups is 1. The van der Waals surface area contributed by atoms with Gasteiger partial charge in [-0.05, 0) is 42.7 Å². The van der Waals surface area contributed by atoms with Crippen molar-refractivity contribution < 1.29 is 19.5 Å². The number of oxime groups is 1. The minimum Gasteiger partial charge on any atom is -0.489 e. The Morgan fingerprint density at radius 2 is 2.00 bits per heavy atom. The predicted octanol–water partition coefficient (Wildman–Crippen LogP) is 4.51. The van der Waals surface area contributed by atoms with Crippen LogP contribution in [-0.4, -0.2) is 40.9 Å². The van der Waals surface area contributed by atoms with Crippen molar-refractivity contribution in [3.8, 4) is 5.75 Å². The van der Waals surface area contributed by atoms with Crippen LogP contribution in [0.15, 0.2) is 47.6 Å². The molecule has 0 amide bonds. The number of benzene rings is 2. The van der Waals surface area contributed by atoms with Crippen molar-refractivity contribution in [3.05, 3.63) is 64.2 Å². The third-order valence-corrected chi connectivity index (χ3v) is 5.65. The van der Waals surface area contributed by atoms with Gasteiger partial charge < -0.3 is 14.7 Å². The van der Waals surface area contributed by atoms with Gasteiger partial charge in [0, 0.05) is 26.1 Å². The van der Waals surface area contributed by atoms with Gasteiger partial charge in [-0.15, -0.1) is 0 Å². The molecule has 1 atom stereocenters. The number of likely N-dealkylation sites (tertiary alicyclic amines) is 1. The highest BCUT2D eigenvalue weighted by Gasteiger charge is 2.32. The smallest absolute Gasteiger partial charge is 0.309 e. The standard InChI is InChI=1S/C23H25ClN2O4/c1-14(2)29-21-8-7-17(9-19(21)24)22-10-20(25-30-22)16-5-3-15(4-6-16)11-26-12-18(13-26)23(27)28/h3-9,14,18,22H,10-13H2,1-2H3,(H,27,28). The second-order valence-electron chi connectivity index (χ2n) is 8.12. The van der Waals surface area contributed by atoms with Gasteiger partial charge in [0.15, 0.2) is 6.10 Å². The fraction of sp³-hybridized carbons (Fsp3) is 0.391. The maximum Gasteiger partial charge on any atom is 0.309 e. The van der Waals surface area contributed by atoms with Crippen molar-refractivity contribution in [2.45, 2.75) is 39.0 Å². The van der Waals surface area contributed by atoms with Crippen molar-refractivity contribution in [1.29, 1.82) is 0 Å². The summed E-state index contributed by atoms with van der Waals surface area (Å²) in [7, 11) is 0. The minimum atomic E-state index is -0.709. The minimum absolute atomic E-state index is 0.0636. The van der Waals surface area contributed by atoms with Crippen LogP contribution in [-0.2, 0) is 16.2 Å². The van der Waals surface area contributed by atoms with E-state index in [0.717, 1.165) is 28.9 Å². The molecule has 1 unspecified atom stereocenters. The van der Waals surface area contributed by atoms with Gasteiger partial charge in [-0.3, -0.25) is 9.69 Å². The number of aliphatic carboxylic acids is 1. The molecule has 6 nitrogen and oxygen atoms in total. The second-order valence-corrected chi connectivity index (χ2v) is 8.53. The molecule has 7 heteroatoms. The summed E-state index contributed by atoms with van der Waals surface area (Å²) in [6, 6.07) is 13.9. The van der Waals surface area contributed by atoms with Crippen LogP contribution in [0.25, 0.3) is 0 Å². The Morgan fingerprint density at radius 1 is 1.27 bits per heavy atom. The Kier molecular flexibility index (Phi) is 5.97. The molecular weight excluding hydrogens is 404 g/mol. The average molecular weight is 429 g/mol. The lowest BCUT2D eigenvalue weighted by Gasteiger charge is -2.36. The van der Waals surface area contributed by atoms with Crippen LogP contribution in [0, 0.1) is 5.92 Å². The van der Waals surface area contributed by atoms with Crippen LogP contribution in [0.3, 0.4) is 0 Å². The lowest BCUT2D eigenvalue weighted by molar-refractivity contribution is -0.147. The first-order valence-electron chi connectivity index (χ1n) is 10.1. The summed E-state index contributed by atoms with van der Waals surface area (Å²) in [6.07, 6.45) is 0.569. The van der Waals surface area contributed by atoms with E-state index in [1.807, 2.05) is 44.2 Å². The van der Waals surface area contributed by atoms with E-state index in [1.54, 1.807) is 0 Å². The number of halogens is 1. The van der Waals surface area contributed by atoms with Gasteiger partial charge in [0.25, 0.3) is 0 Å². The van der Waals surface area contributed by atoms with Gasteiger partial charge >= 0.3 is 5.97 Å². The number of nitrogens with zero attached hydrogens (tertiary/aromatic N) is 2. The first kappa shape index (κ1) is 20.7. The number of hydrogen-bond acceptors (Lipinski definition) is 5. The zero-order valence-electron chi connectivity index (χ0n) is 17.0. The summed E-state index contributed by atoms with van der Waals surface area (Å²) < 4.78 is 5.69. The number of hydrogen-bond donors (Lipinski definition) is 1. The van der Waals surface area contributed by atoms with Crippen LogP contribution in [0.4, 0.5) is 0 Å². The van der Waals surface area contributed by atoms with E-state index in [1.165, 1.54) is 0 Å². The van der Waals surface area contributed by atoms with Crippen molar-refractivity contribution in [1.82, 2.24) is 4.90 Å². The number of ether oxygens (including phenoxy) is 1. The molecule has 2 aromatic rings. The number of carboxylic acids is 1. The predicted molar refractivity (Wildman–Crippen MR) is 115 cm³/mol. The summed E-state index contributed by atoms with van der Waals surface area (Å²) in [5.74, 6) is -0.272. The molecule has 2 heterocycles. The van der Waals surface area contributed by atoms with Crippen molar-refractivity contribution in [2.24, 2.45) is 11.1 Å². The average Bonchev–Trinajstić information content (AvgIpc) is 3.16. The van der Waals surface area contributed by atoms with E-state index in [9.17, 15) is 4.79 Å². The Bertz CT molecular complexity index is 952. The topological polar surface area (TPSA) is 71.4 Å². The molecule has 4 rings (SSSR count). The van der Waals surface area contributed by atoms with Gasteiger partial charge in [-0.2, -0.15) is 0 Å². The normalized spacial score (nSPS) is 19.3. The maximum absolute atomic E-state index is 10.9. The van der Waals surface area contributed by atoms with Gasteiger partial charge in [0.05, 0.1) is 22.8 Å². The van der Waals surface area contributed by atoms with Crippen LogP contribution in [0.2, 0.25) is 5.02 Å². The van der Waals surface area contributed by atoms with Gasteiger partial charge in [-0.25, -0.2) is 0 Å². The van der Waals surface area contributed by atoms with Crippen molar-refractivity contribution in [2.75, 3.05) is 13.1 Å². The molecule has 1 saturated heterocycles. The number of rotatable bonds is 7. The Hall–Kier alpha value is -2.57. The maximum atomic E-state index is 10.9. The fourth-order valence-corrected chi connectivity index (χ4v) is 3.94. The molecule has 0 bridgehead atoms. The van der Waals surface area contributed by atoms with Crippen LogP contribution < -0.4 is 4.74 Å². The first-order chi connectivity index (χ1) is 14.4. The highest BCUT2D eigenvalue weighted by Crippen LogP contribution is 2.34. The molecule has 0 aliphatic carbocycles. The quantitative estimate of drug-likeness (QED) is 0.702. The molecule has 0 aromatic heterocycles. The third-order valence-electron chi connectivity index (χ3n) is 5.36. The highest BCUT2D eigenvalue weighted by atomic mass is 35.5. The van der Waals surface area contributed by atoms with Crippen molar-refractivity contribution >= 4 is 23.3 Å². The summed E-state index contributed by atoms with van der Waals surface area (Å²) >= 11 is 6.35. The van der Waals surface area contributed by atoms with Gasteiger partial charge in [0.2, 0.25) is 0 Å². The lowest BCUT2D eigenvalue weighted by Crippen LogP contribution is -2.49. The fourth-order valence-electron chi connectivity index (χ4n) is 3.71. The van der Waals surface area contributed by atoms with E-state index in [0.29, 0.717) is 30.3 Å². The highest BCUT2D eigenvalue weighted by molar-refractivity contribution is 6.32. The van der Waals surface area contributed by atoms with Gasteiger partial charge in [-0.1, -0.05) is 47.1 Å². The molecule has 0 radical (unpaired) electrons. The SMILES string of the molecule is CC(C)Oc1ccc(C2CC(c3ccc(CN4CC(C(=O)O)C4)cc3)=NO2)cc1Cl. The van der Waals surface area contributed by atoms with Crippen LogP contribution >= 0.6 is 11.6 Å². The molecular formula is C23H25ClN2O4. The molecule has 2 aliphatic heterocycles. The Labute approximate surface area is 181 Å². The lowest BCUT2D eigenvalue weighted by atomic mass is 9.98. The van der Waals surface area contributed by atoms with Crippen LogP contribution in [0.5, 0.6) is 5.75 Å². The van der Waals surface area contributed by atoms with E-state index >= 15 is 0 Å². The Balaban J connectivity index is 1.34. The molecule has 0 spiro atoms. The summed E-state index contributed by atoms with van der Waals surface area (Å²) in [4.78, 5) is 18.7. The van der Waals surface area contributed by atoms with E-state index in [-0.39, 0.29) is 18.1 Å². The van der Waals surface area contributed by atoms with E-state index < -0.39 is 5.97 Å². The Morgan fingerprint density at radius 3 is 2.63 bits per heavy atom. The largest absolute Gasteiger partial charge is 0.489 e. The van der Waals surface area contributed by atoms with Crippen molar-refractivity contribution in [3.63, 3.8) is 0 Å². The van der Waals surface area contributed by atoms with E-state index in [4.69, 9.17) is 26.3 Å². The molecule has 30 heavy (non-hydrogen) atoms. The molecule has 1 fully saturated rings. The molecule has 158 valence electrons. The molecule has 0 saturated carbocycles. The third kappa shape index (κ3) is 4.60. The summed E-state index contributed by atoms with van der Waals surface area (Å²) in [6.45, 7) is 5.92. The second kappa shape index (κ2) is 8.66. The summed E-state index contributed by atoms with van der Waals surface area (Å²) in [5.41, 5.74) is 4.06. The van der Waals surface area contributed by atoms with E-state index in [2.05, 4.69) is 22.2 Å². The first-order valence-corrected chi connectivity index (χ1v) is 10.5. The molecule has 2 aromatic carbocycles. The zero-order chi connectivity index (χ0) is 21.3. The zero-order valence-corrected chi connectivity index (χ0v) is 17.8.